The first kappa shape index (κ1) is 25.5. The molecule has 0 bridgehead atoms. The molecule has 0 aromatic rings. The molecule has 0 fully saturated rings. The van der Waals surface area contributed by atoms with E-state index < -0.39 is 0 Å². The van der Waals surface area contributed by atoms with Crippen LogP contribution in [-0.2, 0) is 4.79 Å². The quantitative estimate of drug-likeness (QED) is 0.218. The van der Waals surface area contributed by atoms with Gasteiger partial charge < -0.3 is 5.32 Å². The molecule has 1 N–H and O–H groups in total. The second kappa shape index (κ2) is 20.8. The predicted molar refractivity (Wildman–Crippen MR) is 117 cm³/mol. The molecule has 0 radical (unpaired) electrons. The van der Waals surface area contributed by atoms with Crippen LogP contribution in [0.15, 0.2) is 0 Å². The summed E-state index contributed by atoms with van der Waals surface area (Å²) in [6, 6.07) is 0. The fourth-order valence-electron chi connectivity index (χ4n) is 3.54. The Hall–Kier alpha value is -0.530. The van der Waals surface area contributed by atoms with E-state index >= 15 is 0 Å². The van der Waals surface area contributed by atoms with Crippen molar-refractivity contribution in [3.05, 3.63) is 0 Å². The lowest BCUT2D eigenvalue weighted by Crippen LogP contribution is -2.30. The topological polar surface area (TPSA) is 29.1 Å². The number of nitrogens with one attached hydrogen (secondary N) is 1. The highest BCUT2D eigenvalue weighted by molar-refractivity contribution is 5.78. The van der Waals surface area contributed by atoms with Gasteiger partial charge in [-0.3, -0.25) is 4.79 Å². The Labute approximate surface area is 165 Å². The zero-order valence-electron chi connectivity index (χ0n) is 18.4. The molecular formula is C24H49NO. The minimum absolute atomic E-state index is 0.188. The Kier molecular flexibility index (Phi) is 20.4. The van der Waals surface area contributed by atoms with Gasteiger partial charge >= 0.3 is 0 Å². The summed E-state index contributed by atoms with van der Waals surface area (Å²) < 4.78 is 0. The van der Waals surface area contributed by atoms with E-state index in [4.69, 9.17) is 0 Å². The van der Waals surface area contributed by atoms with Gasteiger partial charge in [-0.2, -0.15) is 0 Å². The maximum atomic E-state index is 12.0. The maximum absolute atomic E-state index is 12.0. The molecule has 1 amide bonds. The summed E-state index contributed by atoms with van der Waals surface area (Å²) in [5.41, 5.74) is 0. The molecule has 0 aliphatic heterocycles. The molecule has 26 heavy (non-hydrogen) atoms. The summed E-state index contributed by atoms with van der Waals surface area (Å²) in [6.07, 6.45) is 24.0. The van der Waals surface area contributed by atoms with Gasteiger partial charge in [0.2, 0.25) is 5.91 Å². The molecule has 2 heteroatoms. The monoisotopic (exact) mass is 367 g/mol. The molecule has 0 heterocycles. The number of amides is 1. The highest BCUT2D eigenvalue weighted by Crippen LogP contribution is 2.13. The molecule has 0 aromatic heterocycles. The second-order valence-corrected chi connectivity index (χ2v) is 8.28. The summed E-state index contributed by atoms with van der Waals surface area (Å²) >= 11 is 0. The van der Waals surface area contributed by atoms with Crippen LogP contribution < -0.4 is 5.32 Å². The van der Waals surface area contributed by atoms with Crippen LogP contribution in [0.5, 0.6) is 0 Å². The largest absolute Gasteiger partial charge is 0.356 e. The van der Waals surface area contributed by atoms with Crippen LogP contribution in [0.4, 0.5) is 0 Å². The predicted octanol–water partition coefficient (Wildman–Crippen LogP) is 7.80. The number of carbonyl (C=O) groups excluding carboxylic acids is 1. The third kappa shape index (κ3) is 18.3. The number of unbranched alkanes of at least 4 members (excludes halogenated alkanes) is 15. The summed E-state index contributed by atoms with van der Waals surface area (Å²) in [5.74, 6) is 0.448. The molecule has 0 aliphatic carbocycles. The minimum Gasteiger partial charge on any atom is -0.356 e. The highest BCUT2D eigenvalue weighted by Gasteiger charge is 2.11. The fraction of sp³-hybridized carbons (Fsp3) is 0.958. The van der Waals surface area contributed by atoms with Crippen molar-refractivity contribution in [3.63, 3.8) is 0 Å². The van der Waals surface area contributed by atoms with Gasteiger partial charge in [0.1, 0.15) is 0 Å². The Bertz CT molecular complexity index is 290. The van der Waals surface area contributed by atoms with E-state index in [2.05, 4.69) is 26.1 Å². The molecule has 156 valence electrons. The lowest BCUT2D eigenvalue weighted by Gasteiger charge is -2.11. The Morgan fingerprint density at radius 1 is 0.615 bits per heavy atom. The summed E-state index contributed by atoms with van der Waals surface area (Å²) in [7, 11) is 0. The molecule has 1 unspecified atom stereocenters. The average molecular weight is 368 g/mol. The Morgan fingerprint density at radius 3 is 1.46 bits per heavy atom. The number of hydrogen-bond acceptors (Lipinski definition) is 1. The van der Waals surface area contributed by atoms with Gasteiger partial charge in [0.25, 0.3) is 0 Å². The molecule has 0 spiro atoms. The maximum Gasteiger partial charge on any atom is 0.222 e. The standard InChI is InChI=1S/C24H49NO/c1-4-6-8-9-10-11-12-13-14-15-16-17-18-20-22-25-24(26)23(3)21-19-7-5-2/h23H,4-22H2,1-3H3,(H,25,26). The van der Waals surface area contributed by atoms with Crippen molar-refractivity contribution in [2.45, 2.75) is 136 Å². The van der Waals surface area contributed by atoms with Crippen molar-refractivity contribution in [1.82, 2.24) is 5.32 Å². The highest BCUT2D eigenvalue weighted by atomic mass is 16.1. The van der Waals surface area contributed by atoms with Crippen LogP contribution in [0.2, 0.25) is 0 Å². The molecule has 0 saturated carbocycles. The van der Waals surface area contributed by atoms with E-state index in [1.54, 1.807) is 0 Å². The summed E-state index contributed by atoms with van der Waals surface area (Å²) in [4.78, 5) is 12.0. The van der Waals surface area contributed by atoms with E-state index in [0.29, 0.717) is 0 Å². The van der Waals surface area contributed by atoms with Gasteiger partial charge in [0.15, 0.2) is 0 Å². The van der Waals surface area contributed by atoms with Crippen LogP contribution >= 0.6 is 0 Å². The molecule has 2 nitrogen and oxygen atoms in total. The number of hydrogen-bond donors (Lipinski definition) is 1. The number of carbonyl (C=O) groups is 1. The van der Waals surface area contributed by atoms with Crippen molar-refractivity contribution >= 4 is 5.91 Å². The van der Waals surface area contributed by atoms with Crippen LogP contribution in [0.25, 0.3) is 0 Å². The van der Waals surface area contributed by atoms with Crippen molar-refractivity contribution in [3.8, 4) is 0 Å². The zero-order chi connectivity index (χ0) is 19.3. The van der Waals surface area contributed by atoms with E-state index in [0.717, 1.165) is 19.4 Å². The first-order valence-corrected chi connectivity index (χ1v) is 12.0. The third-order valence-electron chi connectivity index (χ3n) is 5.52. The minimum atomic E-state index is 0.188. The SMILES string of the molecule is CCCCCCCCCCCCCCCCNC(=O)C(C)CCCCC. The lowest BCUT2D eigenvalue weighted by molar-refractivity contribution is -0.124. The smallest absolute Gasteiger partial charge is 0.222 e. The van der Waals surface area contributed by atoms with Gasteiger partial charge in [-0.1, -0.05) is 124 Å². The zero-order valence-corrected chi connectivity index (χ0v) is 18.4. The van der Waals surface area contributed by atoms with Gasteiger partial charge in [-0.25, -0.2) is 0 Å². The van der Waals surface area contributed by atoms with E-state index in [-0.39, 0.29) is 11.8 Å². The second-order valence-electron chi connectivity index (χ2n) is 8.28. The number of rotatable bonds is 20. The van der Waals surface area contributed by atoms with Gasteiger partial charge in [0.05, 0.1) is 0 Å². The third-order valence-corrected chi connectivity index (χ3v) is 5.52. The first-order chi connectivity index (χ1) is 12.7. The van der Waals surface area contributed by atoms with Crippen LogP contribution in [0.1, 0.15) is 136 Å². The van der Waals surface area contributed by atoms with Crippen LogP contribution in [0, 0.1) is 5.92 Å². The van der Waals surface area contributed by atoms with Crippen LogP contribution in [0.3, 0.4) is 0 Å². The lowest BCUT2D eigenvalue weighted by atomic mass is 10.0. The molecular weight excluding hydrogens is 318 g/mol. The van der Waals surface area contributed by atoms with Gasteiger partial charge in [0, 0.05) is 12.5 Å². The first-order valence-electron chi connectivity index (χ1n) is 12.0. The average Bonchev–Trinajstić information content (AvgIpc) is 2.64. The van der Waals surface area contributed by atoms with Crippen molar-refractivity contribution in [1.29, 1.82) is 0 Å². The van der Waals surface area contributed by atoms with E-state index in [9.17, 15) is 4.79 Å². The van der Waals surface area contributed by atoms with Gasteiger partial charge in [-0.15, -0.1) is 0 Å². The molecule has 0 rings (SSSR count). The van der Waals surface area contributed by atoms with E-state index in [1.807, 2.05) is 0 Å². The van der Waals surface area contributed by atoms with Crippen molar-refractivity contribution < 1.29 is 4.79 Å². The molecule has 0 aromatic carbocycles. The molecule has 0 saturated heterocycles. The van der Waals surface area contributed by atoms with E-state index in [1.165, 1.54) is 103 Å². The molecule has 0 aliphatic rings. The fourth-order valence-corrected chi connectivity index (χ4v) is 3.54. The normalized spacial score (nSPS) is 12.3. The summed E-state index contributed by atoms with van der Waals surface area (Å²) in [6.45, 7) is 7.43. The van der Waals surface area contributed by atoms with Crippen molar-refractivity contribution in [2.24, 2.45) is 5.92 Å². The molecule has 1 atom stereocenters. The van der Waals surface area contributed by atoms with Crippen molar-refractivity contribution in [2.75, 3.05) is 6.54 Å². The summed E-state index contributed by atoms with van der Waals surface area (Å²) in [5, 5.41) is 3.11. The van der Waals surface area contributed by atoms with Gasteiger partial charge in [-0.05, 0) is 12.8 Å². The Balaban J connectivity index is 3.20. The van der Waals surface area contributed by atoms with Crippen LogP contribution in [-0.4, -0.2) is 12.5 Å². The Morgan fingerprint density at radius 2 is 1.00 bits per heavy atom.